The van der Waals surface area contributed by atoms with Crippen molar-refractivity contribution in [1.29, 1.82) is 0 Å². The van der Waals surface area contributed by atoms with Crippen molar-refractivity contribution >= 4 is 11.8 Å². The summed E-state index contributed by atoms with van der Waals surface area (Å²) in [5.41, 5.74) is 7.46. The van der Waals surface area contributed by atoms with Crippen molar-refractivity contribution in [3.05, 3.63) is 89.5 Å². The van der Waals surface area contributed by atoms with Gasteiger partial charge in [0, 0.05) is 31.6 Å². The van der Waals surface area contributed by atoms with E-state index < -0.39 is 11.6 Å². The van der Waals surface area contributed by atoms with Gasteiger partial charge >= 0.3 is 0 Å². The number of hydrogen-bond donors (Lipinski definition) is 3. The minimum atomic E-state index is -1.17. The third-order valence-corrected chi connectivity index (χ3v) is 6.85. The summed E-state index contributed by atoms with van der Waals surface area (Å²) in [7, 11) is 3.25. The number of ether oxygens (including phenoxy) is 4. The third-order valence-electron chi connectivity index (χ3n) is 6.85. The molecule has 0 saturated carbocycles. The molecule has 1 aliphatic rings. The summed E-state index contributed by atoms with van der Waals surface area (Å²) in [5, 5.41) is 8.96. The zero-order chi connectivity index (χ0) is 28.4. The van der Waals surface area contributed by atoms with Gasteiger partial charge in [0.2, 0.25) is 5.90 Å². The van der Waals surface area contributed by atoms with Crippen LogP contribution in [0.25, 0.3) is 0 Å². The van der Waals surface area contributed by atoms with E-state index in [0.29, 0.717) is 44.1 Å². The number of nitrogens with one attached hydrogen (secondary N) is 2. The van der Waals surface area contributed by atoms with E-state index in [1.165, 1.54) is 0 Å². The molecule has 0 spiro atoms. The molecular weight excluding hydrogens is 510 g/mol. The summed E-state index contributed by atoms with van der Waals surface area (Å²) in [5.74, 6) is 2.31. The molecule has 0 aromatic heterocycles. The highest BCUT2D eigenvalue weighted by atomic mass is 16.5. The number of aliphatic hydroxyl groups is 1. The molecule has 1 amide bonds. The quantitative estimate of drug-likeness (QED) is 0.209. The molecule has 3 aromatic rings. The first kappa shape index (κ1) is 28.9. The predicted molar refractivity (Wildman–Crippen MR) is 153 cm³/mol. The van der Waals surface area contributed by atoms with Gasteiger partial charge in [0.15, 0.2) is 5.54 Å². The van der Waals surface area contributed by atoms with Gasteiger partial charge in [-0.3, -0.25) is 10.2 Å². The fraction of sp³-hybridized carbons (Fsp3) is 0.355. The summed E-state index contributed by atoms with van der Waals surface area (Å²) in [6, 6.07) is 22.8. The maximum absolute atomic E-state index is 13.7. The van der Waals surface area contributed by atoms with Crippen molar-refractivity contribution in [2.45, 2.75) is 37.8 Å². The smallest absolute Gasteiger partial charge is 0.266 e. The van der Waals surface area contributed by atoms with E-state index in [4.69, 9.17) is 29.0 Å². The first-order valence-corrected chi connectivity index (χ1v) is 13.4. The van der Waals surface area contributed by atoms with Crippen molar-refractivity contribution < 1.29 is 28.8 Å². The lowest BCUT2D eigenvalue weighted by Crippen LogP contribution is -2.56. The molecule has 0 unspecified atom stereocenters. The molecule has 3 N–H and O–H groups in total. The zero-order valence-electron chi connectivity index (χ0n) is 23.2. The number of methoxy groups -OCH3 is 2. The monoisotopic (exact) mass is 547 g/mol. The second-order valence-corrected chi connectivity index (χ2v) is 9.52. The molecule has 9 nitrogen and oxygen atoms in total. The molecule has 4 rings (SSSR count). The molecule has 9 heteroatoms. The van der Waals surface area contributed by atoms with Crippen LogP contribution in [0.15, 0.2) is 77.8 Å². The molecule has 212 valence electrons. The van der Waals surface area contributed by atoms with E-state index in [1.54, 1.807) is 14.2 Å². The minimum Gasteiger partial charge on any atom is -0.497 e. The van der Waals surface area contributed by atoms with E-state index in [2.05, 4.69) is 10.9 Å². The summed E-state index contributed by atoms with van der Waals surface area (Å²) in [6.07, 6.45) is 1.04. The topological polar surface area (TPSA) is 111 Å². The molecule has 0 fully saturated rings. The van der Waals surface area contributed by atoms with Crippen molar-refractivity contribution in [2.75, 3.05) is 34.0 Å². The van der Waals surface area contributed by atoms with Crippen LogP contribution >= 0.6 is 0 Å². The molecule has 0 aliphatic carbocycles. The zero-order valence-corrected chi connectivity index (χ0v) is 23.2. The van der Waals surface area contributed by atoms with E-state index in [0.717, 1.165) is 28.2 Å². The summed E-state index contributed by atoms with van der Waals surface area (Å²) >= 11 is 0. The van der Waals surface area contributed by atoms with Crippen LogP contribution in [0.4, 0.5) is 0 Å². The number of aliphatic imine (C=N–C) groups is 1. The van der Waals surface area contributed by atoms with Gasteiger partial charge in [0.25, 0.3) is 5.91 Å². The number of carbonyl (C=O) groups is 1. The second-order valence-electron chi connectivity index (χ2n) is 9.52. The van der Waals surface area contributed by atoms with E-state index >= 15 is 0 Å². The molecule has 40 heavy (non-hydrogen) atoms. The van der Waals surface area contributed by atoms with E-state index in [1.807, 2.05) is 79.7 Å². The summed E-state index contributed by atoms with van der Waals surface area (Å²) in [4.78, 5) is 18.6. The fourth-order valence-electron chi connectivity index (χ4n) is 4.58. The number of hydrogen-bond acceptors (Lipinski definition) is 8. The Bertz CT molecular complexity index is 1280. The van der Waals surface area contributed by atoms with Crippen LogP contribution in [0.1, 0.15) is 30.0 Å². The average Bonchev–Trinajstić information content (AvgIpc) is 3.32. The van der Waals surface area contributed by atoms with Gasteiger partial charge in [0.05, 0.1) is 20.8 Å². The van der Waals surface area contributed by atoms with Gasteiger partial charge in [-0.25, -0.2) is 10.4 Å². The van der Waals surface area contributed by atoms with Crippen LogP contribution in [-0.2, 0) is 22.4 Å². The summed E-state index contributed by atoms with van der Waals surface area (Å²) < 4.78 is 22.6. The van der Waals surface area contributed by atoms with Crippen LogP contribution in [0, 0.1) is 0 Å². The lowest BCUT2D eigenvalue weighted by Gasteiger charge is -2.28. The highest BCUT2D eigenvalue weighted by molar-refractivity contribution is 6.00. The first-order chi connectivity index (χ1) is 19.5. The highest BCUT2D eigenvalue weighted by Crippen LogP contribution is 2.33. The van der Waals surface area contributed by atoms with Gasteiger partial charge in [-0.2, -0.15) is 0 Å². The molecule has 1 heterocycles. The number of benzene rings is 3. The summed E-state index contributed by atoms with van der Waals surface area (Å²) in [6.45, 7) is 2.85. The highest BCUT2D eigenvalue weighted by Gasteiger charge is 2.50. The van der Waals surface area contributed by atoms with Crippen LogP contribution in [-0.4, -0.2) is 62.5 Å². The number of amides is 1. The lowest BCUT2D eigenvalue weighted by atomic mass is 9.86. The Morgan fingerprint density at radius 2 is 1.77 bits per heavy atom. The Balaban J connectivity index is 1.49. The van der Waals surface area contributed by atoms with Crippen LogP contribution in [0.3, 0.4) is 0 Å². The van der Waals surface area contributed by atoms with Gasteiger partial charge in [-0.1, -0.05) is 30.3 Å². The van der Waals surface area contributed by atoms with Gasteiger partial charge in [0.1, 0.15) is 23.4 Å². The predicted octanol–water partition coefficient (Wildman–Crippen LogP) is 3.48. The van der Waals surface area contributed by atoms with Crippen molar-refractivity contribution in [3.8, 4) is 17.2 Å². The Hall–Kier alpha value is -4.08. The van der Waals surface area contributed by atoms with E-state index in [9.17, 15) is 4.79 Å². The Morgan fingerprint density at radius 1 is 1.02 bits per heavy atom. The molecule has 1 aliphatic heterocycles. The Labute approximate surface area is 235 Å². The number of aliphatic hydroxyl groups excluding tert-OH is 1. The molecule has 3 aromatic carbocycles. The maximum Gasteiger partial charge on any atom is 0.266 e. The second kappa shape index (κ2) is 13.8. The van der Waals surface area contributed by atoms with Gasteiger partial charge in [-0.05, 0) is 66.9 Å². The standard InChI is InChI=1S/C31H37N3O6/c1-22-31(21-23-8-5-4-6-9-23,33-29(40-22)24-10-12-26(13-11-24)39-19-7-18-35)30(36)34-32-17-16-25-20-27(37-2)14-15-28(25)38-3/h4-6,8-15,20,22,32,35H,7,16-19,21H2,1-3H3,(H,34,36)/t22-,31-/m0/s1. The Morgan fingerprint density at radius 3 is 2.48 bits per heavy atom. The first-order valence-electron chi connectivity index (χ1n) is 13.4. The largest absolute Gasteiger partial charge is 0.497 e. The van der Waals surface area contributed by atoms with Crippen LogP contribution in [0.5, 0.6) is 17.2 Å². The molecule has 0 saturated heterocycles. The Kier molecular flexibility index (Phi) is 9.99. The van der Waals surface area contributed by atoms with Crippen LogP contribution < -0.4 is 25.1 Å². The number of rotatable bonds is 14. The van der Waals surface area contributed by atoms with Gasteiger partial charge in [-0.15, -0.1) is 0 Å². The molecule has 0 bridgehead atoms. The number of hydrazine groups is 1. The molecular formula is C31H37N3O6. The average molecular weight is 548 g/mol. The van der Waals surface area contributed by atoms with Crippen molar-refractivity contribution in [1.82, 2.24) is 10.9 Å². The minimum absolute atomic E-state index is 0.0796. The number of carbonyl (C=O) groups excluding carboxylic acids is 1. The van der Waals surface area contributed by atoms with Crippen LogP contribution in [0.2, 0.25) is 0 Å². The van der Waals surface area contributed by atoms with Gasteiger partial charge < -0.3 is 24.1 Å². The maximum atomic E-state index is 13.7. The molecule has 0 radical (unpaired) electrons. The van der Waals surface area contributed by atoms with Crippen molar-refractivity contribution in [2.24, 2.45) is 4.99 Å². The van der Waals surface area contributed by atoms with E-state index in [-0.39, 0.29) is 12.5 Å². The lowest BCUT2D eigenvalue weighted by molar-refractivity contribution is -0.129. The fourth-order valence-corrected chi connectivity index (χ4v) is 4.58. The SMILES string of the molecule is COc1ccc(OC)c(CCNNC(=O)[C@@]2(Cc3ccccc3)N=C(c3ccc(OCCCO)cc3)O[C@H]2C)c1. The third kappa shape index (κ3) is 6.91. The molecule has 2 atom stereocenters. The number of nitrogens with zero attached hydrogens (tertiary/aromatic N) is 1. The normalized spacial score (nSPS) is 18.0. The van der Waals surface area contributed by atoms with Crippen molar-refractivity contribution in [3.63, 3.8) is 0 Å².